The first-order valence-electron chi connectivity index (χ1n) is 8.79. The molecule has 0 fully saturated rings. The van der Waals surface area contributed by atoms with Crippen molar-refractivity contribution in [3.05, 3.63) is 87.8 Å². The van der Waals surface area contributed by atoms with Crippen LogP contribution in [-0.2, 0) is 6.54 Å². The molecule has 0 bridgehead atoms. The lowest BCUT2D eigenvalue weighted by atomic mass is 10.1. The predicted octanol–water partition coefficient (Wildman–Crippen LogP) is 5.62. The van der Waals surface area contributed by atoms with E-state index in [1.165, 1.54) is 0 Å². The first-order chi connectivity index (χ1) is 13.7. The van der Waals surface area contributed by atoms with Gasteiger partial charge in [0.1, 0.15) is 5.82 Å². The fourth-order valence-electron chi connectivity index (χ4n) is 3.33. The molecule has 5 aromatic rings. The summed E-state index contributed by atoms with van der Waals surface area (Å²) < 4.78 is 1.73. The number of nitrogens with zero attached hydrogens (tertiary/aromatic N) is 2. The molecule has 0 radical (unpaired) electrons. The highest BCUT2D eigenvalue weighted by atomic mass is 35.5. The van der Waals surface area contributed by atoms with Crippen molar-refractivity contribution in [1.29, 1.82) is 0 Å². The van der Waals surface area contributed by atoms with Crippen LogP contribution in [0.4, 0.5) is 5.82 Å². The number of halogens is 1. The van der Waals surface area contributed by atoms with Crippen molar-refractivity contribution >= 4 is 59.8 Å². The molecule has 0 aliphatic heterocycles. The summed E-state index contributed by atoms with van der Waals surface area (Å²) in [6.45, 7) is 0.529. The van der Waals surface area contributed by atoms with Crippen molar-refractivity contribution in [3.63, 3.8) is 0 Å². The predicted molar refractivity (Wildman–Crippen MR) is 117 cm³/mol. The van der Waals surface area contributed by atoms with Gasteiger partial charge >= 0.3 is 0 Å². The number of anilines is 1. The van der Waals surface area contributed by atoms with Crippen molar-refractivity contribution < 1.29 is 0 Å². The van der Waals surface area contributed by atoms with Crippen LogP contribution in [0.15, 0.2) is 71.7 Å². The van der Waals surface area contributed by atoms with E-state index in [1.807, 2.05) is 48.5 Å². The van der Waals surface area contributed by atoms with E-state index in [4.69, 9.17) is 16.6 Å². The van der Waals surface area contributed by atoms with E-state index in [9.17, 15) is 4.79 Å². The van der Waals surface area contributed by atoms with Gasteiger partial charge in [0.2, 0.25) is 0 Å². The molecule has 0 amide bonds. The molecular weight excluding hydrogens is 390 g/mol. The van der Waals surface area contributed by atoms with Crippen LogP contribution in [0, 0.1) is 0 Å². The van der Waals surface area contributed by atoms with Crippen molar-refractivity contribution in [2.45, 2.75) is 6.54 Å². The highest BCUT2D eigenvalue weighted by Crippen LogP contribution is 2.34. The lowest BCUT2D eigenvalue weighted by Crippen LogP contribution is -2.07. The number of fused-ring (bicyclic) bond motifs is 4. The Kier molecular flexibility index (Phi) is 4.19. The average molecular weight is 404 g/mol. The van der Waals surface area contributed by atoms with E-state index in [1.54, 1.807) is 29.7 Å². The zero-order valence-electron chi connectivity index (χ0n) is 14.6. The Labute approximate surface area is 169 Å². The van der Waals surface area contributed by atoms with Crippen LogP contribution in [0.5, 0.6) is 0 Å². The third kappa shape index (κ3) is 2.89. The lowest BCUT2D eigenvalue weighted by Gasteiger charge is -2.11. The summed E-state index contributed by atoms with van der Waals surface area (Å²) in [6, 6.07) is 18.9. The maximum absolute atomic E-state index is 13.4. The molecule has 6 heteroatoms. The van der Waals surface area contributed by atoms with Crippen LogP contribution >= 0.6 is 22.9 Å². The smallest absolute Gasteiger partial charge is 0.196 e. The topological polar surface area (TPSA) is 54.9 Å². The van der Waals surface area contributed by atoms with E-state index in [-0.39, 0.29) is 5.43 Å². The Balaban J connectivity index is 1.80. The largest absolute Gasteiger partial charge is 0.363 e. The van der Waals surface area contributed by atoms with Gasteiger partial charge in [0.25, 0.3) is 0 Å². The quantitative estimate of drug-likeness (QED) is 0.313. The summed E-state index contributed by atoms with van der Waals surface area (Å²) in [5.41, 5.74) is 1.67. The van der Waals surface area contributed by atoms with E-state index in [2.05, 4.69) is 10.3 Å². The molecule has 0 saturated heterocycles. The van der Waals surface area contributed by atoms with Crippen LogP contribution in [0.1, 0.15) is 5.69 Å². The van der Waals surface area contributed by atoms with Gasteiger partial charge in [0.05, 0.1) is 27.8 Å². The van der Waals surface area contributed by atoms with E-state index in [0.29, 0.717) is 28.2 Å². The number of benzene rings is 2. The molecule has 0 aliphatic carbocycles. The summed E-state index contributed by atoms with van der Waals surface area (Å²) in [5.74, 6) is 0.693. The Morgan fingerprint density at radius 1 is 1.00 bits per heavy atom. The number of hydrogen-bond donors (Lipinski definition) is 1. The zero-order valence-corrected chi connectivity index (χ0v) is 16.2. The molecule has 1 N–H and O–H groups in total. The number of pyridine rings is 2. The SMILES string of the molecule is O=c1c2cc(Cl)ccc2sc2c(NCc3ccccn3)nc3ccccc3c12. The summed E-state index contributed by atoms with van der Waals surface area (Å²) in [5, 5.41) is 6.09. The van der Waals surface area contributed by atoms with Crippen molar-refractivity contribution in [1.82, 2.24) is 9.97 Å². The number of nitrogens with one attached hydrogen (secondary N) is 1. The van der Waals surface area contributed by atoms with Crippen LogP contribution in [0.25, 0.3) is 31.1 Å². The van der Waals surface area contributed by atoms with Crippen LogP contribution in [0.3, 0.4) is 0 Å². The van der Waals surface area contributed by atoms with Crippen molar-refractivity contribution in [3.8, 4) is 0 Å². The average Bonchev–Trinajstić information content (AvgIpc) is 2.73. The molecule has 4 nitrogen and oxygen atoms in total. The Morgan fingerprint density at radius 3 is 2.71 bits per heavy atom. The monoisotopic (exact) mass is 403 g/mol. The summed E-state index contributed by atoms with van der Waals surface area (Å²) in [7, 11) is 0. The van der Waals surface area contributed by atoms with Gasteiger partial charge in [-0.3, -0.25) is 9.78 Å². The number of para-hydroxylation sites is 1. The van der Waals surface area contributed by atoms with Gasteiger partial charge in [-0.25, -0.2) is 4.98 Å². The first kappa shape index (κ1) is 17.1. The van der Waals surface area contributed by atoms with Gasteiger partial charge in [0, 0.05) is 26.7 Å². The Hall–Kier alpha value is -3.02. The third-order valence-electron chi connectivity index (χ3n) is 4.64. The Morgan fingerprint density at radius 2 is 1.86 bits per heavy atom. The number of rotatable bonds is 3. The van der Waals surface area contributed by atoms with Gasteiger partial charge in [-0.1, -0.05) is 35.9 Å². The minimum atomic E-state index is -0.0225. The molecule has 0 saturated carbocycles. The molecule has 2 aromatic carbocycles. The van der Waals surface area contributed by atoms with Crippen LogP contribution in [0.2, 0.25) is 5.02 Å². The lowest BCUT2D eigenvalue weighted by molar-refractivity contribution is 1.04. The molecule has 3 heterocycles. The molecule has 3 aromatic heterocycles. The highest BCUT2D eigenvalue weighted by molar-refractivity contribution is 7.25. The summed E-state index contributed by atoms with van der Waals surface area (Å²) in [4.78, 5) is 22.5. The molecular formula is C22H14ClN3OS. The standard InChI is InChI=1S/C22H14ClN3OS/c23-13-8-9-18-16(11-13)20(27)19-15-6-1-2-7-17(15)26-22(21(19)28-18)25-12-14-5-3-4-10-24-14/h1-11H,12H2,(H,25,26). The molecule has 0 unspecified atom stereocenters. The highest BCUT2D eigenvalue weighted by Gasteiger charge is 2.15. The maximum atomic E-state index is 13.4. The van der Waals surface area contributed by atoms with Crippen LogP contribution < -0.4 is 10.7 Å². The minimum Gasteiger partial charge on any atom is -0.363 e. The van der Waals surface area contributed by atoms with Gasteiger partial charge in [-0.15, -0.1) is 11.3 Å². The summed E-state index contributed by atoms with van der Waals surface area (Å²) in [6.07, 6.45) is 1.76. The van der Waals surface area contributed by atoms with E-state index in [0.717, 1.165) is 26.0 Å². The van der Waals surface area contributed by atoms with Crippen LogP contribution in [-0.4, -0.2) is 9.97 Å². The fourth-order valence-corrected chi connectivity index (χ4v) is 4.64. The van der Waals surface area contributed by atoms with E-state index < -0.39 is 0 Å². The van der Waals surface area contributed by atoms with Gasteiger partial charge in [-0.05, 0) is 36.4 Å². The Bertz CT molecular complexity index is 1400. The minimum absolute atomic E-state index is 0.0225. The normalized spacial score (nSPS) is 11.3. The zero-order chi connectivity index (χ0) is 19.1. The molecule has 28 heavy (non-hydrogen) atoms. The van der Waals surface area contributed by atoms with Crippen molar-refractivity contribution in [2.24, 2.45) is 0 Å². The number of aromatic nitrogens is 2. The van der Waals surface area contributed by atoms with Crippen molar-refractivity contribution in [2.75, 3.05) is 5.32 Å². The second-order valence-corrected chi connectivity index (χ2v) is 7.92. The molecule has 136 valence electrons. The number of hydrogen-bond acceptors (Lipinski definition) is 5. The second-order valence-electron chi connectivity index (χ2n) is 6.43. The molecule has 0 aliphatic rings. The van der Waals surface area contributed by atoms with Gasteiger partial charge in [0.15, 0.2) is 5.43 Å². The van der Waals surface area contributed by atoms with E-state index >= 15 is 0 Å². The molecule has 0 atom stereocenters. The molecule has 0 spiro atoms. The summed E-state index contributed by atoms with van der Waals surface area (Å²) >= 11 is 7.69. The molecule has 5 rings (SSSR count). The third-order valence-corrected chi connectivity index (χ3v) is 6.05. The maximum Gasteiger partial charge on any atom is 0.196 e. The fraction of sp³-hybridized carbons (Fsp3) is 0.0455. The second kappa shape index (κ2) is 6.86. The van der Waals surface area contributed by atoms with Gasteiger partial charge < -0.3 is 5.32 Å². The first-order valence-corrected chi connectivity index (χ1v) is 9.99. The van der Waals surface area contributed by atoms with Gasteiger partial charge in [-0.2, -0.15) is 0 Å².